The minimum atomic E-state index is -0.0820. The van der Waals surface area contributed by atoms with E-state index in [1.54, 1.807) is 42.6 Å². The van der Waals surface area contributed by atoms with Gasteiger partial charge in [-0.1, -0.05) is 17.3 Å². The van der Waals surface area contributed by atoms with E-state index < -0.39 is 0 Å². The summed E-state index contributed by atoms with van der Waals surface area (Å²) >= 11 is 0. The summed E-state index contributed by atoms with van der Waals surface area (Å²) < 4.78 is 5.58. The van der Waals surface area contributed by atoms with Gasteiger partial charge in [-0.15, -0.1) is 0 Å². The van der Waals surface area contributed by atoms with Crippen LogP contribution in [-0.2, 0) is 6.61 Å². The maximum Gasteiger partial charge on any atom is 0.230 e. The van der Waals surface area contributed by atoms with Gasteiger partial charge in [-0.25, -0.2) is 4.98 Å². The van der Waals surface area contributed by atoms with Crippen LogP contribution in [0.5, 0.6) is 11.6 Å². The van der Waals surface area contributed by atoms with E-state index in [1.807, 2.05) is 0 Å². The Morgan fingerprint density at radius 2 is 2.16 bits per heavy atom. The fourth-order valence-corrected chi connectivity index (χ4v) is 1.54. The lowest BCUT2D eigenvalue weighted by atomic mass is 10.2. The van der Waals surface area contributed by atoms with Crippen LogP contribution in [0, 0.1) is 0 Å². The summed E-state index contributed by atoms with van der Waals surface area (Å²) in [5.74, 6) is 0.659. The van der Waals surface area contributed by atoms with Crippen molar-refractivity contribution in [1.82, 2.24) is 4.98 Å². The van der Waals surface area contributed by atoms with E-state index in [0.717, 1.165) is 5.56 Å². The van der Waals surface area contributed by atoms with Crippen molar-refractivity contribution in [1.29, 1.82) is 0 Å². The summed E-state index contributed by atoms with van der Waals surface area (Å²) in [5, 5.41) is 20.7. The van der Waals surface area contributed by atoms with E-state index in [0.29, 0.717) is 11.3 Å². The van der Waals surface area contributed by atoms with Crippen LogP contribution in [0.15, 0.2) is 47.8 Å². The molecule has 0 atom stereocenters. The van der Waals surface area contributed by atoms with Crippen LogP contribution in [0.3, 0.4) is 0 Å². The van der Waals surface area contributed by atoms with Gasteiger partial charge < -0.3 is 20.8 Å². The molecule has 0 radical (unpaired) electrons. The molecule has 0 spiro atoms. The lowest BCUT2D eigenvalue weighted by molar-refractivity contribution is 0.281. The number of benzene rings is 1. The molecule has 0 saturated heterocycles. The fraction of sp³-hybridized carbons (Fsp3) is 0.0769. The number of amidine groups is 1. The highest BCUT2D eigenvalue weighted by Gasteiger charge is 2.10. The van der Waals surface area contributed by atoms with Crippen molar-refractivity contribution in [2.45, 2.75) is 6.61 Å². The number of nitrogens with zero attached hydrogens (tertiary/aromatic N) is 2. The summed E-state index contributed by atoms with van der Waals surface area (Å²) in [7, 11) is 0. The Bertz CT molecular complexity index is 599. The van der Waals surface area contributed by atoms with E-state index >= 15 is 0 Å². The topological polar surface area (TPSA) is 101 Å². The van der Waals surface area contributed by atoms with Gasteiger partial charge in [-0.2, -0.15) is 0 Å². The molecule has 1 aromatic carbocycles. The van der Waals surface area contributed by atoms with Crippen molar-refractivity contribution in [3.63, 3.8) is 0 Å². The molecule has 4 N–H and O–H groups in total. The smallest absolute Gasteiger partial charge is 0.230 e. The van der Waals surface area contributed by atoms with Crippen LogP contribution < -0.4 is 10.5 Å². The Balaban J connectivity index is 2.33. The average molecular weight is 259 g/mol. The first kappa shape index (κ1) is 12.8. The second-order valence-corrected chi connectivity index (χ2v) is 3.75. The minimum absolute atomic E-state index is 0.0769. The number of ether oxygens (including phenoxy) is 1. The Hall–Kier alpha value is -2.60. The Morgan fingerprint density at radius 1 is 1.32 bits per heavy atom. The molecule has 6 nitrogen and oxygen atoms in total. The van der Waals surface area contributed by atoms with Gasteiger partial charge in [0.1, 0.15) is 5.75 Å². The fourth-order valence-electron chi connectivity index (χ4n) is 1.54. The van der Waals surface area contributed by atoms with Crippen molar-refractivity contribution >= 4 is 5.84 Å². The third-order valence-corrected chi connectivity index (χ3v) is 2.45. The lowest BCUT2D eigenvalue weighted by Crippen LogP contribution is -2.14. The molecule has 0 fully saturated rings. The molecule has 2 aromatic rings. The molecule has 0 unspecified atom stereocenters. The van der Waals surface area contributed by atoms with Crippen LogP contribution in [0.1, 0.15) is 11.1 Å². The molecule has 0 aliphatic rings. The van der Waals surface area contributed by atoms with Crippen LogP contribution >= 0.6 is 0 Å². The second-order valence-electron chi connectivity index (χ2n) is 3.75. The number of oxime groups is 1. The quantitative estimate of drug-likeness (QED) is 0.334. The predicted molar refractivity (Wildman–Crippen MR) is 69.2 cm³/mol. The summed E-state index contributed by atoms with van der Waals surface area (Å²) in [6.07, 6.45) is 1.54. The van der Waals surface area contributed by atoms with Crippen molar-refractivity contribution in [2.75, 3.05) is 0 Å². The second kappa shape index (κ2) is 5.83. The van der Waals surface area contributed by atoms with E-state index in [4.69, 9.17) is 20.8 Å². The summed E-state index contributed by atoms with van der Waals surface area (Å²) in [4.78, 5) is 4.04. The monoisotopic (exact) mass is 259 g/mol. The molecular formula is C13H13N3O3. The zero-order chi connectivity index (χ0) is 13.7. The van der Waals surface area contributed by atoms with Crippen LogP contribution in [0.2, 0.25) is 0 Å². The predicted octanol–water partition coefficient (Wildman–Crippen LogP) is 1.46. The van der Waals surface area contributed by atoms with Gasteiger partial charge in [0.05, 0.1) is 12.2 Å². The highest BCUT2D eigenvalue weighted by Crippen LogP contribution is 2.23. The van der Waals surface area contributed by atoms with E-state index in [9.17, 15) is 0 Å². The number of hydrogen-bond acceptors (Lipinski definition) is 5. The Labute approximate surface area is 109 Å². The SMILES string of the molecule is NC(=NO)c1cccnc1Oc1cccc(CO)c1. The molecular weight excluding hydrogens is 246 g/mol. The van der Waals surface area contributed by atoms with Gasteiger partial charge in [0.25, 0.3) is 0 Å². The highest BCUT2D eigenvalue weighted by molar-refractivity contribution is 5.99. The lowest BCUT2D eigenvalue weighted by Gasteiger charge is -2.09. The number of nitrogens with two attached hydrogens (primary N) is 1. The van der Waals surface area contributed by atoms with E-state index in [-0.39, 0.29) is 18.3 Å². The highest BCUT2D eigenvalue weighted by atomic mass is 16.5. The van der Waals surface area contributed by atoms with Gasteiger partial charge in [-0.3, -0.25) is 0 Å². The molecule has 0 aliphatic heterocycles. The van der Waals surface area contributed by atoms with Crippen molar-refractivity contribution in [3.05, 3.63) is 53.7 Å². The summed E-state index contributed by atoms with van der Waals surface area (Å²) in [6.45, 7) is -0.0769. The summed E-state index contributed by atoms with van der Waals surface area (Å²) in [6, 6.07) is 10.2. The zero-order valence-electron chi connectivity index (χ0n) is 10.0. The van der Waals surface area contributed by atoms with Gasteiger partial charge in [0, 0.05) is 6.20 Å². The molecule has 0 saturated carbocycles. The molecule has 6 heteroatoms. The molecule has 0 bridgehead atoms. The van der Waals surface area contributed by atoms with Crippen LogP contribution in [0.25, 0.3) is 0 Å². The van der Waals surface area contributed by atoms with Gasteiger partial charge in [0.15, 0.2) is 5.84 Å². The first-order valence-electron chi connectivity index (χ1n) is 5.55. The zero-order valence-corrected chi connectivity index (χ0v) is 10.0. The number of aliphatic hydroxyl groups excluding tert-OH is 1. The molecule has 1 heterocycles. The van der Waals surface area contributed by atoms with Crippen molar-refractivity contribution in [3.8, 4) is 11.6 Å². The third-order valence-electron chi connectivity index (χ3n) is 2.45. The molecule has 0 aliphatic carbocycles. The molecule has 19 heavy (non-hydrogen) atoms. The van der Waals surface area contributed by atoms with Crippen molar-refractivity contribution in [2.24, 2.45) is 10.9 Å². The maximum atomic E-state index is 9.07. The Morgan fingerprint density at radius 3 is 2.89 bits per heavy atom. The van der Waals surface area contributed by atoms with E-state index in [1.165, 1.54) is 0 Å². The molecule has 2 rings (SSSR count). The first-order chi connectivity index (χ1) is 9.24. The number of aliphatic hydroxyl groups is 1. The van der Waals surface area contributed by atoms with Crippen LogP contribution in [0.4, 0.5) is 0 Å². The average Bonchev–Trinajstić information content (AvgIpc) is 2.47. The summed E-state index contributed by atoms with van der Waals surface area (Å²) in [5.41, 5.74) is 6.65. The van der Waals surface area contributed by atoms with Crippen LogP contribution in [-0.4, -0.2) is 21.1 Å². The Kier molecular flexibility index (Phi) is 3.94. The largest absolute Gasteiger partial charge is 0.438 e. The standard InChI is InChI=1S/C13H13N3O3/c14-12(16-18)11-5-2-6-15-13(11)19-10-4-1-3-9(7-10)8-17/h1-7,17-18H,8H2,(H2,14,16). The molecule has 98 valence electrons. The maximum absolute atomic E-state index is 9.07. The molecule has 1 aromatic heterocycles. The van der Waals surface area contributed by atoms with E-state index in [2.05, 4.69) is 10.1 Å². The number of aromatic nitrogens is 1. The third kappa shape index (κ3) is 2.99. The molecule has 0 amide bonds. The first-order valence-corrected chi connectivity index (χ1v) is 5.55. The minimum Gasteiger partial charge on any atom is -0.438 e. The van der Waals surface area contributed by atoms with Gasteiger partial charge in [-0.05, 0) is 29.8 Å². The van der Waals surface area contributed by atoms with Gasteiger partial charge >= 0.3 is 0 Å². The van der Waals surface area contributed by atoms with Crippen molar-refractivity contribution < 1.29 is 15.1 Å². The number of hydrogen-bond donors (Lipinski definition) is 3. The number of rotatable bonds is 4. The number of pyridine rings is 1. The normalized spacial score (nSPS) is 11.3. The van der Waals surface area contributed by atoms with Gasteiger partial charge in [0.2, 0.25) is 5.88 Å².